The standard InChI is InChI=1S/C13H12ClNO4S2/c1-19-13(16)12-11(5-6-20-12)21(17,18)15-8-9-3-2-4-10(14)7-9/h2-7,15H,8H2,1H3. The zero-order valence-corrected chi connectivity index (χ0v) is 13.4. The van der Waals surface area contributed by atoms with Gasteiger partial charge in [0.25, 0.3) is 0 Å². The molecule has 112 valence electrons. The van der Waals surface area contributed by atoms with Crippen molar-refractivity contribution >= 4 is 38.9 Å². The molecule has 0 fully saturated rings. The van der Waals surface area contributed by atoms with E-state index in [0.717, 1.165) is 16.9 Å². The van der Waals surface area contributed by atoms with Gasteiger partial charge in [-0.25, -0.2) is 17.9 Å². The molecule has 1 N–H and O–H groups in total. The van der Waals surface area contributed by atoms with E-state index >= 15 is 0 Å². The van der Waals surface area contributed by atoms with Crippen molar-refractivity contribution in [2.45, 2.75) is 11.4 Å². The van der Waals surface area contributed by atoms with Gasteiger partial charge in [-0.1, -0.05) is 23.7 Å². The maximum Gasteiger partial charge on any atom is 0.349 e. The number of nitrogens with one attached hydrogen (secondary N) is 1. The molecule has 0 saturated heterocycles. The monoisotopic (exact) mass is 345 g/mol. The number of esters is 1. The second-order valence-electron chi connectivity index (χ2n) is 4.06. The number of hydrogen-bond acceptors (Lipinski definition) is 5. The van der Waals surface area contributed by atoms with Gasteiger partial charge in [0.15, 0.2) is 0 Å². The number of hydrogen-bond donors (Lipinski definition) is 1. The number of halogens is 1. The molecular weight excluding hydrogens is 334 g/mol. The van der Waals surface area contributed by atoms with Crippen LogP contribution in [0.5, 0.6) is 0 Å². The quantitative estimate of drug-likeness (QED) is 0.845. The Bertz CT molecular complexity index is 755. The van der Waals surface area contributed by atoms with Crippen LogP contribution in [0.4, 0.5) is 0 Å². The average Bonchev–Trinajstić information content (AvgIpc) is 2.95. The highest BCUT2D eigenvalue weighted by molar-refractivity contribution is 7.89. The van der Waals surface area contributed by atoms with Gasteiger partial charge in [-0.2, -0.15) is 0 Å². The number of benzene rings is 1. The maximum atomic E-state index is 12.2. The topological polar surface area (TPSA) is 72.5 Å². The van der Waals surface area contributed by atoms with E-state index in [1.165, 1.54) is 18.6 Å². The molecule has 0 amide bonds. The number of carbonyl (C=O) groups is 1. The Balaban J connectivity index is 2.19. The van der Waals surface area contributed by atoms with Crippen molar-refractivity contribution in [3.8, 4) is 0 Å². The molecule has 21 heavy (non-hydrogen) atoms. The maximum absolute atomic E-state index is 12.2. The minimum absolute atomic E-state index is 0.0519. The van der Waals surface area contributed by atoms with Crippen LogP contribution in [0.15, 0.2) is 40.6 Å². The number of rotatable bonds is 5. The molecule has 5 nitrogen and oxygen atoms in total. The third-order valence-corrected chi connectivity index (χ3v) is 5.35. The Morgan fingerprint density at radius 1 is 1.38 bits per heavy atom. The first-order chi connectivity index (χ1) is 9.94. The molecular formula is C13H12ClNO4S2. The first-order valence-electron chi connectivity index (χ1n) is 5.84. The predicted molar refractivity (Wildman–Crippen MR) is 81.1 cm³/mol. The molecule has 0 atom stereocenters. The molecule has 0 radical (unpaired) electrons. The van der Waals surface area contributed by atoms with Crippen LogP contribution >= 0.6 is 22.9 Å². The van der Waals surface area contributed by atoms with Gasteiger partial charge >= 0.3 is 5.97 Å². The van der Waals surface area contributed by atoms with Gasteiger partial charge in [0.05, 0.1) is 7.11 Å². The number of thiophene rings is 1. The van der Waals surface area contributed by atoms with Crippen molar-refractivity contribution in [3.63, 3.8) is 0 Å². The normalized spacial score (nSPS) is 11.3. The van der Waals surface area contributed by atoms with Crippen LogP contribution in [0.25, 0.3) is 0 Å². The van der Waals surface area contributed by atoms with E-state index < -0.39 is 16.0 Å². The van der Waals surface area contributed by atoms with Crippen molar-refractivity contribution in [2.24, 2.45) is 0 Å². The van der Waals surface area contributed by atoms with Crippen molar-refractivity contribution in [1.82, 2.24) is 4.72 Å². The molecule has 8 heteroatoms. The van der Waals surface area contributed by atoms with Crippen molar-refractivity contribution in [1.29, 1.82) is 0 Å². The minimum Gasteiger partial charge on any atom is -0.465 e. The van der Waals surface area contributed by atoms with E-state index in [1.807, 2.05) is 0 Å². The molecule has 1 heterocycles. The van der Waals surface area contributed by atoms with Gasteiger partial charge in [0.2, 0.25) is 10.0 Å². The zero-order chi connectivity index (χ0) is 15.5. The van der Waals surface area contributed by atoms with Gasteiger partial charge in [0, 0.05) is 11.6 Å². The highest BCUT2D eigenvalue weighted by Gasteiger charge is 2.24. The fourth-order valence-corrected chi connectivity index (χ4v) is 4.22. The molecule has 0 saturated carbocycles. The van der Waals surface area contributed by atoms with E-state index in [4.69, 9.17) is 11.6 Å². The van der Waals surface area contributed by atoms with Crippen molar-refractivity contribution < 1.29 is 17.9 Å². The van der Waals surface area contributed by atoms with Gasteiger partial charge in [-0.3, -0.25) is 0 Å². The van der Waals surface area contributed by atoms with Crippen LogP contribution in [0, 0.1) is 0 Å². The van der Waals surface area contributed by atoms with Crippen LogP contribution in [0.1, 0.15) is 15.2 Å². The highest BCUT2D eigenvalue weighted by Crippen LogP contribution is 2.23. The Morgan fingerprint density at radius 2 is 2.14 bits per heavy atom. The molecule has 0 aliphatic heterocycles. The summed E-state index contributed by atoms with van der Waals surface area (Å²) in [7, 11) is -2.59. The second-order valence-corrected chi connectivity index (χ2v) is 7.15. The first kappa shape index (κ1) is 16.0. The third kappa shape index (κ3) is 3.82. The summed E-state index contributed by atoms with van der Waals surface area (Å²) < 4.78 is 31.5. The molecule has 1 aromatic carbocycles. The summed E-state index contributed by atoms with van der Waals surface area (Å²) in [6, 6.07) is 8.23. The second kappa shape index (κ2) is 6.57. The summed E-state index contributed by atoms with van der Waals surface area (Å²) in [5.41, 5.74) is 0.723. The molecule has 2 rings (SSSR count). The summed E-state index contributed by atoms with van der Waals surface area (Å²) in [6.45, 7) is 0.0827. The Morgan fingerprint density at radius 3 is 2.81 bits per heavy atom. The van der Waals surface area contributed by atoms with Gasteiger partial charge in [0.1, 0.15) is 9.77 Å². The lowest BCUT2D eigenvalue weighted by Gasteiger charge is -2.07. The van der Waals surface area contributed by atoms with E-state index in [0.29, 0.717) is 5.02 Å². The van der Waals surface area contributed by atoms with Crippen LogP contribution in [-0.4, -0.2) is 21.5 Å². The molecule has 0 aliphatic carbocycles. The summed E-state index contributed by atoms with van der Waals surface area (Å²) >= 11 is 6.86. The Hall–Kier alpha value is -1.41. The van der Waals surface area contributed by atoms with Gasteiger partial charge in [-0.15, -0.1) is 11.3 Å². The molecule has 0 spiro atoms. The Labute approximate surface area is 131 Å². The number of sulfonamides is 1. The lowest BCUT2D eigenvalue weighted by Crippen LogP contribution is -2.24. The van der Waals surface area contributed by atoms with Crippen LogP contribution < -0.4 is 4.72 Å². The van der Waals surface area contributed by atoms with Crippen LogP contribution in [0.3, 0.4) is 0 Å². The zero-order valence-electron chi connectivity index (χ0n) is 11.0. The van der Waals surface area contributed by atoms with Crippen LogP contribution in [0.2, 0.25) is 5.02 Å². The molecule has 0 unspecified atom stereocenters. The first-order valence-corrected chi connectivity index (χ1v) is 8.58. The molecule has 0 bridgehead atoms. The highest BCUT2D eigenvalue weighted by atomic mass is 35.5. The summed E-state index contributed by atoms with van der Waals surface area (Å²) in [5.74, 6) is -0.673. The van der Waals surface area contributed by atoms with Crippen molar-refractivity contribution in [2.75, 3.05) is 7.11 Å². The predicted octanol–water partition coefficient (Wildman–Crippen LogP) is 2.67. The molecule has 2 aromatic rings. The Kier molecular flexibility index (Phi) is 5.00. The van der Waals surface area contributed by atoms with Gasteiger partial charge < -0.3 is 4.74 Å². The van der Waals surface area contributed by atoms with E-state index in [9.17, 15) is 13.2 Å². The SMILES string of the molecule is COC(=O)c1sccc1S(=O)(=O)NCc1cccc(Cl)c1. The lowest BCUT2D eigenvalue weighted by atomic mass is 10.2. The average molecular weight is 346 g/mol. The summed E-state index contributed by atoms with van der Waals surface area (Å²) in [4.78, 5) is 11.5. The number of carbonyl (C=O) groups excluding carboxylic acids is 1. The summed E-state index contributed by atoms with van der Waals surface area (Å²) in [5, 5.41) is 2.05. The van der Waals surface area contributed by atoms with Gasteiger partial charge in [-0.05, 0) is 29.1 Å². The van der Waals surface area contributed by atoms with Crippen LogP contribution in [-0.2, 0) is 21.3 Å². The lowest BCUT2D eigenvalue weighted by molar-refractivity contribution is 0.0602. The molecule has 1 aromatic heterocycles. The fourth-order valence-electron chi connectivity index (χ4n) is 1.65. The number of ether oxygens (including phenoxy) is 1. The smallest absolute Gasteiger partial charge is 0.349 e. The van der Waals surface area contributed by atoms with Crippen molar-refractivity contribution in [3.05, 3.63) is 51.2 Å². The van der Waals surface area contributed by atoms with E-state index in [2.05, 4.69) is 9.46 Å². The fraction of sp³-hybridized carbons (Fsp3) is 0.154. The van der Waals surface area contributed by atoms with E-state index in [1.54, 1.807) is 24.3 Å². The van der Waals surface area contributed by atoms with E-state index in [-0.39, 0.29) is 16.3 Å². The third-order valence-electron chi connectivity index (χ3n) is 2.64. The molecule has 0 aliphatic rings. The number of methoxy groups -OCH3 is 1. The summed E-state index contributed by atoms with van der Waals surface area (Å²) in [6.07, 6.45) is 0. The minimum atomic E-state index is -3.80. The largest absolute Gasteiger partial charge is 0.465 e.